The van der Waals surface area contributed by atoms with E-state index in [1.165, 1.54) is 5.56 Å². The fraction of sp³-hybridized carbons (Fsp3) is 0.526. The van der Waals surface area contributed by atoms with Crippen molar-refractivity contribution < 1.29 is 9.47 Å². The minimum atomic E-state index is -0.0775. The van der Waals surface area contributed by atoms with Crippen LogP contribution in [-0.2, 0) is 11.2 Å². The fourth-order valence-corrected chi connectivity index (χ4v) is 2.67. The molecule has 5 heteroatoms. The van der Waals surface area contributed by atoms with Crippen LogP contribution in [0.4, 0.5) is 0 Å². The average Bonchev–Trinajstić information content (AvgIpc) is 3.04. The molecule has 0 aromatic heterocycles. The van der Waals surface area contributed by atoms with Gasteiger partial charge in [-0.05, 0) is 43.9 Å². The van der Waals surface area contributed by atoms with E-state index in [1.807, 2.05) is 12.1 Å². The van der Waals surface area contributed by atoms with Gasteiger partial charge in [0.25, 0.3) is 0 Å². The molecular weight excluding hydrogens is 302 g/mol. The highest BCUT2D eigenvalue weighted by Gasteiger charge is 2.29. The van der Waals surface area contributed by atoms with E-state index in [0.717, 1.165) is 50.7 Å². The Kier molecular flexibility index (Phi) is 6.95. The second-order valence-corrected chi connectivity index (χ2v) is 6.14. The molecular formula is C19H27N3O2. The summed E-state index contributed by atoms with van der Waals surface area (Å²) < 4.78 is 11.1. The van der Waals surface area contributed by atoms with Gasteiger partial charge in [0.1, 0.15) is 12.4 Å². The second-order valence-electron chi connectivity index (χ2n) is 6.14. The maximum absolute atomic E-state index is 5.78. The van der Waals surface area contributed by atoms with Gasteiger partial charge in [-0.3, -0.25) is 4.99 Å². The molecule has 1 saturated heterocycles. The van der Waals surface area contributed by atoms with E-state index in [2.05, 4.69) is 40.6 Å². The number of rotatable bonds is 7. The van der Waals surface area contributed by atoms with E-state index >= 15 is 0 Å². The minimum absolute atomic E-state index is 0.0775. The molecule has 2 rings (SSSR count). The Balaban J connectivity index is 1.70. The molecule has 1 heterocycles. The summed E-state index contributed by atoms with van der Waals surface area (Å²) in [6, 6.07) is 7.99. The lowest BCUT2D eigenvalue weighted by molar-refractivity contribution is 0.0243. The quantitative estimate of drug-likeness (QED) is 0.456. The molecule has 0 saturated carbocycles. The van der Waals surface area contributed by atoms with Crippen molar-refractivity contribution in [1.82, 2.24) is 10.6 Å². The Hall–Kier alpha value is -2.19. The standard InChI is InChI=1S/C19H27N3O2/c1-4-13-23-17-8-6-16(7-9-17)10-12-21-18(20-3)22-15-19(2)11-5-14-24-19/h1,6-9H,5,10-15H2,2-3H3,(H2,20,21,22). The predicted octanol–water partition coefficient (Wildman–Crippen LogP) is 1.98. The number of terminal acetylenes is 1. The van der Waals surface area contributed by atoms with E-state index in [0.29, 0.717) is 6.61 Å². The first-order chi connectivity index (χ1) is 11.6. The second kappa shape index (κ2) is 9.19. The summed E-state index contributed by atoms with van der Waals surface area (Å²) in [5.41, 5.74) is 1.16. The lowest BCUT2D eigenvalue weighted by Gasteiger charge is -2.24. The topological polar surface area (TPSA) is 54.9 Å². The van der Waals surface area contributed by atoms with Crippen LogP contribution < -0.4 is 15.4 Å². The summed E-state index contributed by atoms with van der Waals surface area (Å²) in [6.07, 6.45) is 8.30. The molecule has 0 radical (unpaired) electrons. The van der Waals surface area contributed by atoms with Crippen LogP contribution in [0.1, 0.15) is 25.3 Å². The summed E-state index contributed by atoms with van der Waals surface area (Å²) in [5, 5.41) is 6.68. The van der Waals surface area contributed by atoms with Crippen LogP contribution in [0.5, 0.6) is 5.75 Å². The molecule has 0 spiro atoms. The number of nitrogens with one attached hydrogen (secondary N) is 2. The zero-order valence-electron chi connectivity index (χ0n) is 14.6. The molecule has 0 bridgehead atoms. The lowest BCUT2D eigenvalue weighted by atomic mass is 10.0. The minimum Gasteiger partial charge on any atom is -0.481 e. The molecule has 1 aromatic rings. The molecule has 1 aliphatic rings. The third-order valence-electron chi connectivity index (χ3n) is 4.11. The molecule has 5 nitrogen and oxygen atoms in total. The molecule has 1 aliphatic heterocycles. The number of ether oxygens (including phenoxy) is 2. The monoisotopic (exact) mass is 329 g/mol. The average molecular weight is 329 g/mol. The first-order valence-corrected chi connectivity index (χ1v) is 8.39. The predicted molar refractivity (Wildman–Crippen MR) is 97.4 cm³/mol. The third kappa shape index (κ3) is 5.78. The molecule has 1 unspecified atom stereocenters. The van der Waals surface area contributed by atoms with Gasteiger partial charge in [0.15, 0.2) is 5.96 Å². The first-order valence-electron chi connectivity index (χ1n) is 8.39. The molecule has 0 amide bonds. The maximum atomic E-state index is 5.78. The Morgan fingerprint density at radius 2 is 2.17 bits per heavy atom. The van der Waals surface area contributed by atoms with Gasteiger partial charge in [-0.25, -0.2) is 0 Å². The van der Waals surface area contributed by atoms with E-state index in [4.69, 9.17) is 15.9 Å². The highest BCUT2D eigenvalue weighted by atomic mass is 16.5. The van der Waals surface area contributed by atoms with Crippen molar-refractivity contribution in [2.24, 2.45) is 4.99 Å². The van der Waals surface area contributed by atoms with Gasteiger partial charge in [-0.2, -0.15) is 0 Å². The summed E-state index contributed by atoms with van der Waals surface area (Å²) in [5.74, 6) is 4.06. The van der Waals surface area contributed by atoms with Crippen molar-refractivity contribution in [3.63, 3.8) is 0 Å². The smallest absolute Gasteiger partial charge is 0.191 e. The van der Waals surface area contributed by atoms with Crippen molar-refractivity contribution in [3.8, 4) is 18.1 Å². The highest BCUT2D eigenvalue weighted by molar-refractivity contribution is 5.79. The van der Waals surface area contributed by atoms with Crippen LogP contribution in [0.25, 0.3) is 0 Å². The van der Waals surface area contributed by atoms with Gasteiger partial charge < -0.3 is 20.1 Å². The molecule has 24 heavy (non-hydrogen) atoms. The fourth-order valence-electron chi connectivity index (χ4n) is 2.67. The number of benzene rings is 1. The molecule has 130 valence electrons. The van der Waals surface area contributed by atoms with Crippen molar-refractivity contribution in [2.45, 2.75) is 31.8 Å². The van der Waals surface area contributed by atoms with Crippen molar-refractivity contribution >= 4 is 5.96 Å². The van der Waals surface area contributed by atoms with E-state index < -0.39 is 0 Å². The Morgan fingerprint density at radius 3 is 2.79 bits per heavy atom. The molecule has 1 fully saturated rings. The summed E-state index contributed by atoms with van der Waals surface area (Å²) in [7, 11) is 1.78. The Labute approximate surface area is 144 Å². The van der Waals surface area contributed by atoms with E-state index in [-0.39, 0.29) is 5.60 Å². The van der Waals surface area contributed by atoms with Crippen LogP contribution in [0.3, 0.4) is 0 Å². The normalized spacial score (nSPS) is 20.5. The van der Waals surface area contributed by atoms with E-state index in [1.54, 1.807) is 7.05 Å². The van der Waals surface area contributed by atoms with Crippen LogP contribution in [0, 0.1) is 12.3 Å². The van der Waals surface area contributed by atoms with Gasteiger partial charge in [-0.15, -0.1) is 6.42 Å². The van der Waals surface area contributed by atoms with Gasteiger partial charge in [0.05, 0.1) is 5.60 Å². The van der Waals surface area contributed by atoms with Gasteiger partial charge in [0.2, 0.25) is 0 Å². The van der Waals surface area contributed by atoms with Crippen molar-refractivity contribution in [1.29, 1.82) is 0 Å². The zero-order chi connectivity index (χ0) is 17.3. The van der Waals surface area contributed by atoms with Gasteiger partial charge in [0, 0.05) is 26.7 Å². The zero-order valence-corrected chi connectivity index (χ0v) is 14.6. The van der Waals surface area contributed by atoms with E-state index in [9.17, 15) is 0 Å². The van der Waals surface area contributed by atoms with Crippen molar-refractivity contribution in [2.75, 3.05) is 33.4 Å². The van der Waals surface area contributed by atoms with Crippen molar-refractivity contribution in [3.05, 3.63) is 29.8 Å². The van der Waals surface area contributed by atoms with Gasteiger partial charge in [-0.1, -0.05) is 18.1 Å². The first kappa shape index (κ1) is 18.2. The summed E-state index contributed by atoms with van der Waals surface area (Å²) in [6.45, 7) is 4.87. The molecule has 1 aromatic carbocycles. The van der Waals surface area contributed by atoms with Gasteiger partial charge >= 0.3 is 0 Å². The van der Waals surface area contributed by atoms with Crippen LogP contribution in [0.2, 0.25) is 0 Å². The molecule has 0 aliphatic carbocycles. The molecule has 2 N–H and O–H groups in total. The largest absolute Gasteiger partial charge is 0.481 e. The summed E-state index contributed by atoms with van der Waals surface area (Å²) in [4.78, 5) is 4.26. The highest BCUT2D eigenvalue weighted by Crippen LogP contribution is 2.23. The lowest BCUT2D eigenvalue weighted by Crippen LogP contribution is -2.45. The summed E-state index contributed by atoms with van der Waals surface area (Å²) >= 11 is 0. The maximum Gasteiger partial charge on any atom is 0.191 e. The number of hydrogen-bond acceptors (Lipinski definition) is 3. The van der Waals surface area contributed by atoms with Crippen LogP contribution in [0.15, 0.2) is 29.3 Å². The Bertz CT molecular complexity index is 569. The Morgan fingerprint density at radius 1 is 1.38 bits per heavy atom. The third-order valence-corrected chi connectivity index (χ3v) is 4.11. The number of nitrogens with zero attached hydrogens (tertiary/aromatic N) is 1. The molecule has 1 atom stereocenters. The van der Waals surface area contributed by atoms with Crippen LogP contribution >= 0.6 is 0 Å². The van der Waals surface area contributed by atoms with Crippen LogP contribution in [-0.4, -0.2) is 44.9 Å². The number of guanidine groups is 1. The number of hydrogen-bond donors (Lipinski definition) is 2. The number of aliphatic imine (C=N–C) groups is 1. The SMILES string of the molecule is C#CCOc1ccc(CCNC(=NC)NCC2(C)CCCO2)cc1.